The molecular formula is C25H19BrN2O4. The number of halogens is 1. The number of esters is 1. The SMILES string of the molecule is COc1ccc(CC(=O)Oc2ccc3c(c2)OC(N)=C(C#N)C3c2cccc(Br)c2)cc1. The van der Waals surface area contributed by atoms with Crippen LogP contribution in [0.2, 0.25) is 0 Å². The first-order valence-corrected chi connectivity index (χ1v) is 10.6. The van der Waals surface area contributed by atoms with Crippen LogP contribution in [0.15, 0.2) is 82.7 Å². The summed E-state index contributed by atoms with van der Waals surface area (Å²) in [6.07, 6.45) is 0.114. The molecule has 1 atom stereocenters. The van der Waals surface area contributed by atoms with Gasteiger partial charge in [-0.1, -0.05) is 46.3 Å². The second kappa shape index (κ2) is 9.16. The molecule has 2 N–H and O–H groups in total. The number of hydrogen-bond donors (Lipinski definition) is 1. The van der Waals surface area contributed by atoms with Crippen molar-refractivity contribution in [1.29, 1.82) is 5.26 Å². The Bertz CT molecular complexity index is 1250. The van der Waals surface area contributed by atoms with E-state index in [0.717, 1.165) is 26.9 Å². The van der Waals surface area contributed by atoms with Gasteiger partial charge in [-0.2, -0.15) is 5.26 Å². The van der Waals surface area contributed by atoms with Crippen LogP contribution in [0.5, 0.6) is 17.2 Å². The van der Waals surface area contributed by atoms with Gasteiger partial charge in [-0.05, 0) is 41.5 Å². The normalized spacial score (nSPS) is 14.7. The summed E-state index contributed by atoms with van der Waals surface area (Å²) in [5.41, 5.74) is 8.86. The van der Waals surface area contributed by atoms with Crippen LogP contribution in [0.25, 0.3) is 0 Å². The standard InChI is InChI=1S/C25H19BrN2O4/c1-30-18-7-5-15(6-8-18)11-23(29)31-19-9-10-20-22(13-19)32-25(28)21(14-27)24(20)16-3-2-4-17(26)12-16/h2-10,12-13,24H,11,28H2,1H3. The number of fused-ring (bicyclic) bond motifs is 1. The fourth-order valence-corrected chi connectivity index (χ4v) is 4.02. The molecule has 7 heteroatoms. The highest BCUT2D eigenvalue weighted by Gasteiger charge is 2.31. The van der Waals surface area contributed by atoms with Gasteiger partial charge in [0.1, 0.15) is 28.9 Å². The Labute approximate surface area is 194 Å². The minimum absolute atomic E-state index is 0.0340. The molecule has 1 unspecified atom stereocenters. The van der Waals surface area contributed by atoms with E-state index >= 15 is 0 Å². The molecule has 0 fully saturated rings. The van der Waals surface area contributed by atoms with Crippen LogP contribution in [0, 0.1) is 11.3 Å². The van der Waals surface area contributed by atoms with Crippen molar-refractivity contribution in [3.05, 3.63) is 99.3 Å². The summed E-state index contributed by atoms with van der Waals surface area (Å²) in [4.78, 5) is 12.4. The average molecular weight is 491 g/mol. The number of benzene rings is 3. The van der Waals surface area contributed by atoms with Crippen LogP contribution in [0.4, 0.5) is 0 Å². The summed E-state index contributed by atoms with van der Waals surface area (Å²) in [5, 5.41) is 9.68. The number of hydrogen-bond acceptors (Lipinski definition) is 6. The summed E-state index contributed by atoms with van der Waals surface area (Å²) in [5.74, 6) is 0.744. The molecule has 0 bridgehead atoms. The van der Waals surface area contributed by atoms with E-state index in [-0.39, 0.29) is 18.2 Å². The van der Waals surface area contributed by atoms with Gasteiger partial charge in [0.05, 0.1) is 19.4 Å². The maximum atomic E-state index is 12.4. The summed E-state index contributed by atoms with van der Waals surface area (Å²) in [6.45, 7) is 0. The molecule has 0 saturated heterocycles. The van der Waals surface area contributed by atoms with Gasteiger partial charge in [0, 0.05) is 16.1 Å². The molecular weight excluding hydrogens is 472 g/mol. The van der Waals surface area contributed by atoms with E-state index in [2.05, 4.69) is 22.0 Å². The van der Waals surface area contributed by atoms with E-state index in [1.807, 2.05) is 36.4 Å². The van der Waals surface area contributed by atoms with Crippen LogP contribution < -0.4 is 19.9 Å². The third kappa shape index (κ3) is 4.46. The summed E-state index contributed by atoms with van der Waals surface area (Å²) >= 11 is 3.47. The molecule has 0 spiro atoms. The zero-order valence-electron chi connectivity index (χ0n) is 17.2. The fourth-order valence-electron chi connectivity index (χ4n) is 3.61. The van der Waals surface area contributed by atoms with E-state index in [1.165, 1.54) is 0 Å². The number of methoxy groups -OCH3 is 1. The average Bonchev–Trinajstić information content (AvgIpc) is 2.78. The van der Waals surface area contributed by atoms with Gasteiger partial charge in [-0.3, -0.25) is 4.79 Å². The number of carbonyl (C=O) groups excluding carboxylic acids is 1. The molecule has 1 heterocycles. The van der Waals surface area contributed by atoms with Crippen LogP contribution in [-0.4, -0.2) is 13.1 Å². The maximum absolute atomic E-state index is 12.4. The van der Waals surface area contributed by atoms with E-state index in [4.69, 9.17) is 19.9 Å². The second-order valence-electron chi connectivity index (χ2n) is 7.18. The Hall–Kier alpha value is -3.76. The monoisotopic (exact) mass is 490 g/mol. The van der Waals surface area contributed by atoms with Crippen molar-refractivity contribution in [2.24, 2.45) is 5.73 Å². The number of nitrogens with zero attached hydrogens (tertiary/aromatic N) is 1. The molecule has 0 aliphatic carbocycles. The number of rotatable bonds is 5. The molecule has 0 saturated carbocycles. The second-order valence-corrected chi connectivity index (χ2v) is 8.09. The molecule has 6 nitrogen and oxygen atoms in total. The Morgan fingerprint density at radius 2 is 1.88 bits per heavy atom. The predicted octanol–water partition coefficient (Wildman–Crippen LogP) is 4.82. The Balaban J connectivity index is 1.58. The largest absolute Gasteiger partial charge is 0.497 e. The van der Waals surface area contributed by atoms with Gasteiger partial charge in [0.15, 0.2) is 0 Å². The van der Waals surface area contributed by atoms with Gasteiger partial charge in [0.25, 0.3) is 0 Å². The first kappa shape index (κ1) is 21.5. The highest BCUT2D eigenvalue weighted by atomic mass is 79.9. The summed E-state index contributed by atoms with van der Waals surface area (Å²) in [6, 6.07) is 22.1. The van der Waals surface area contributed by atoms with Gasteiger partial charge in [-0.25, -0.2) is 0 Å². The van der Waals surface area contributed by atoms with Crippen molar-refractivity contribution in [3.63, 3.8) is 0 Å². The number of ether oxygens (including phenoxy) is 3. The van der Waals surface area contributed by atoms with Crippen molar-refractivity contribution in [3.8, 4) is 23.3 Å². The lowest BCUT2D eigenvalue weighted by atomic mass is 9.83. The van der Waals surface area contributed by atoms with E-state index in [0.29, 0.717) is 17.1 Å². The molecule has 3 aromatic rings. The van der Waals surface area contributed by atoms with Crippen LogP contribution in [-0.2, 0) is 11.2 Å². The Kier molecular flexibility index (Phi) is 6.15. The van der Waals surface area contributed by atoms with Gasteiger partial charge >= 0.3 is 5.97 Å². The van der Waals surface area contributed by atoms with Crippen molar-refractivity contribution in [2.45, 2.75) is 12.3 Å². The van der Waals surface area contributed by atoms with Crippen LogP contribution >= 0.6 is 15.9 Å². The first-order valence-electron chi connectivity index (χ1n) is 9.79. The summed E-state index contributed by atoms with van der Waals surface area (Å²) in [7, 11) is 1.59. The molecule has 4 rings (SSSR count). The van der Waals surface area contributed by atoms with Crippen molar-refractivity contribution in [2.75, 3.05) is 7.11 Å². The lowest BCUT2D eigenvalue weighted by Crippen LogP contribution is -2.21. The van der Waals surface area contributed by atoms with Crippen LogP contribution in [0.3, 0.4) is 0 Å². The fraction of sp³-hybridized carbons (Fsp3) is 0.120. The lowest BCUT2D eigenvalue weighted by molar-refractivity contribution is -0.133. The zero-order valence-corrected chi connectivity index (χ0v) is 18.8. The highest BCUT2D eigenvalue weighted by Crippen LogP contribution is 2.43. The quantitative estimate of drug-likeness (QED) is 0.406. The van der Waals surface area contributed by atoms with E-state index in [9.17, 15) is 10.1 Å². The maximum Gasteiger partial charge on any atom is 0.315 e. The molecule has 3 aromatic carbocycles. The van der Waals surface area contributed by atoms with Gasteiger partial charge in [-0.15, -0.1) is 0 Å². The van der Waals surface area contributed by atoms with Gasteiger partial charge in [0.2, 0.25) is 5.88 Å². The number of allylic oxidation sites excluding steroid dienone is 1. The van der Waals surface area contributed by atoms with Crippen molar-refractivity contribution >= 4 is 21.9 Å². The highest BCUT2D eigenvalue weighted by molar-refractivity contribution is 9.10. The minimum Gasteiger partial charge on any atom is -0.497 e. The number of nitriles is 1. The van der Waals surface area contributed by atoms with Gasteiger partial charge < -0.3 is 19.9 Å². The van der Waals surface area contributed by atoms with Crippen molar-refractivity contribution in [1.82, 2.24) is 0 Å². The molecule has 0 aromatic heterocycles. The molecule has 0 amide bonds. The molecule has 1 aliphatic rings. The Morgan fingerprint density at radius 3 is 2.56 bits per heavy atom. The van der Waals surface area contributed by atoms with Crippen LogP contribution in [0.1, 0.15) is 22.6 Å². The third-order valence-electron chi connectivity index (χ3n) is 5.11. The summed E-state index contributed by atoms with van der Waals surface area (Å²) < 4.78 is 17.2. The topological polar surface area (TPSA) is 94.6 Å². The predicted molar refractivity (Wildman–Crippen MR) is 122 cm³/mol. The molecule has 32 heavy (non-hydrogen) atoms. The lowest BCUT2D eigenvalue weighted by Gasteiger charge is -2.26. The molecule has 1 aliphatic heterocycles. The minimum atomic E-state index is -0.407. The van der Waals surface area contributed by atoms with E-state index in [1.54, 1.807) is 37.4 Å². The number of carbonyl (C=O) groups is 1. The third-order valence-corrected chi connectivity index (χ3v) is 5.60. The van der Waals surface area contributed by atoms with Crippen molar-refractivity contribution < 1.29 is 19.0 Å². The number of nitrogens with two attached hydrogens (primary N) is 1. The molecule has 160 valence electrons. The smallest absolute Gasteiger partial charge is 0.315 e. The Morgan fingerprint density at radius 1 is 1.12 bits per heavy atom. The zero-order chi connectivity index (χ0) is 22.7. The molecule has 0 radical (unpaired) electrons. The first-order chi connectivity index (χ1) is 15.5. The van der Waals surface area contributed by atoms with E-state index < -0.39 is 5.97 Å².